The largest absolute Gasteiger partial charge is 0.394 e. The summed E-state index contributed by atoms with van der Waals surface area (Å²) < 4.78 is 0. The first-order valence-electron chi connectivity index (χ1n) is 26.8. The van der Waals surface area contributed by atoms with Crippen molar-refractivity contribution in [3.05, 3.63) is 35.9 Å². The molecular weight excluding hydrogens is 1160 g/mol. The topological polar surface area (TPSA) is 562 Å². The number of nitrogens with one attached hydrogen (secondary N) is 11. The van der Waals surface area contributed by atoms with Crippen LogP contribution in [-0.2, 0) is 73.5 Å². The van der Waals surface area contributed by atoms with Crippen molar-refractivity contribution in [1.29, 1.82) is 0 Å². The van der Waals surface area contributed by atoms with E-state index in [0.717, 1.165) is 0 Å². The lowest BCUT2D eigenvalue weighted by Crippen LogP contribution is -2.62. The fourth-order valence-electron chi connectivity index (χ4n) is 7.53. The van der Waals surface area contributed by atoms with Gasteiger partial charge in [0, 0.05) is 24.3 Å². The van der Waals surface area contributed by atoms with E-state index in [1.165, 1.54) is 6.92 Å². The number of aliphatic hydroxyl groups excluding tert-OH is 3. The molecule has 35 heteroatoms. The third-order valence-electron chi connectivity index (χ3n) is 12.1. The zero-order valence-electron chi connectivity index (χ0n) is 47.3. The fraction of sp³-hybridized carbons (Fsp3) is 0.600. The number of unbranched alkanes of at least 4 members (excludes halogenated alkanes) is 1. The molecule has 0 radical (unpaired) electrons. The second kappa shape index (κ2) is 39.8. The van der Waals surface area contributed by atoms with E-state index in [1.807, 2.05) is 0 Å². The Kier molecular flexibility index (Phi) is 35.2. The number of nitrogens with two attached hydrogens (primary N) is 5. The van der Waals surface area contributed by atoms with Gasteiger partial charge in [0.15, 0.2) is 0 Å². The molecule has 24 N–H and O–H groups in total. The maximum atomic E-state index is 14.2. The Labute approximate surface area is 500 Å². The van der Waals surface area contributed by atoms with Crippen molar-refractivity contribution in [1.82, 2.24) is 58.5 Å². The molecule has 14 amide bonds. The van der Waals surface area contributed by atoms with E-state index in [2.05, 4.69) is 83.7 Å². The van der Waals surface area contributed by atoms with Gasteiger partial charge in [-0.15, -0.1) is 0 Å². The first-order valence-corrected chi connectivity index (χ1v) is 28.0. The molecule has 1 rings (SSSR count). The van der Waals surface area contributed by atoms with Gasteiger partial charge >= 0.3 is 0 Å². The van der Waals surface area contributed by atoms with Gasteiger partial charge in [-0.1, -0.05) is 44.2 Å². The summed E-state index contributed by atoms with van der Waals surface area (Å²) >= 11 is 8.11. The van der Waals surface area contributed by atoms with Crippen LogP contribution in [0.1, 0.15) is 71.3 Å². The summed E-state index contributed by atoms with van der Waals surface area (Å²) in [5.74, 6) is -15.1. The lowest BCUT2D eigenvalue weighted by Gasteiger charge is -2.28. The summed E-state index contributed by atoms with van der Waals surface area (Å²) in [5, 5.41) is 55.4. The molecule has 0 aromatic heterocycles. The molecule has 0 heterocycles. The first-order chi connectivity index (χ1) is 40.0. The van der Waals surface area contributed by atoms with E-state index in [9.17, 15) is 77.3 Å². The Morgan fingerprint density at radius 2 is 0.976 bits per heavy atom. The summed E-state index contributed by atoms with van der Waals surface area (Å²) in [6.45, 7) is 1.31. The second-order valence-electron chi connectivity index (χ2n) is 19.8. The molecule has 33 nitrogen and oxygen atoms in total. The van der Waals surface area contributed by atoms with Crippen molar-refractivity contribution in [3.8, 4) is 0 Å². The molecule has 0 spiro atoms. The van der Waals surface area contributed by atoms with Crippen LogP contribution in [0.25, 0.3) is 0 Å². The van der Waals surface area contributed by atoms with Gasteiger partial charge in [0.05, 0.1) is 38.8 Å². The van der Waals surface area contributed by atoms with Crippen LogP contribution in [-0.4, -0.2) is 209 Å². The van der Waals surface area contributed by atoms with Crippen molar-refractivity contribution in [2.45, 2.75) is 139 Å². The van der Waals surface area contributed by atoms with Gasteiger partial charge in [-0.3, -0.25) is 67.1 Å². The van der Waals surface area contributed by atoms with Gasteiger partial charge in [0.25, 0.3) is 0 Å². The van der Waals surface area contributed by atoms with Crippen LogP contribution in [0.15, 0.2) is 30.3 Å². The second-order valence-corrected chi connectivity index (χ2v) is 20.5. The van der Waals surface area contributed by atoms with Crippen molar-refractivity contribution in [2.24, 2.45) is 34.6 Å². The summed E-state index contributed by atoms with van der Waals surface area (Å²) in [7, 11) is 0. The molecule has 0 aliphatic heterocycles. The third kappa shape index (κ3) is 29.1. The highest BCUT2D eigenvalue weighted by molar-refractivity contribution is 7.80. The predicted molar refractivity (Wildman–Crippen MR) is 309 cm³/mol. The number of rotatable bonds is 41. The van der Waals surface area contributed by atoms with Gasteiger partial charge < -0.3 is 102 Å². The Bertz CT molecular complexity index is 2460. The van der Waals surface area contributed by atoms with Crippen molar-refractivity contribution >= 4 is 108 Å². The number of aliphatic hydroxyl groups is 3. The number of carbonyl (C=O) groups excluding carboxylic acids is 14. The van der Waals surface area contributed by atoms with Crippen LogP contribution < -0.4 is 87.2 Å². The van der Waals surface area contributed by atoms with Crippen molar-refractivity contribution < 1.29 is 82.4 Å². The molecule has 85 heavy (non-hydrogen) atoms. The molecule has 0 saturated heterocycles. The predicted octanol–water partition coefficient (Wildman–Crippen LogP) is -9.82. The normalized spacial score (nSPS) is 14.9. The van der Waals surface area contributed by atoms with E-state index in [0.29, 0.717) is 24.9 Å². The Hall–Kier alpha value is -7.70. The minimum atomic E-state index is -1.81. The third-order valence-corrected chi connectivity index (χ3v) is 12.9. The molecule has 476 valence electrons. The lowest BCUT2D eigenvalue weighted by atomic mass is 10.00. The van der Waals surface area contributed by atoms with E-state index in [1.54, 1.807) is 44.2 Å². The van der Waals surface area contributed by atoms with Crippen LogP contribution in [0.3, 0.4) is 0 Å². The summed E-state index contributed by atoms with van der Waals surface area (Å²) in [6.07, 6.45) is -2.61. The van der Waals surface area contributed by atoms with Gasteiger partial charge in [-0.25, -0.2) is 0 Å². The molecule has 0 aliphatic carbocycles. The molecule has 0 aliphatic rings. The highest BCUT2D eigenvalue weighted by atomic mass is 32.1. The average molecular weight is 1240 g/mol. The van der Waals surface area contributed by atoms with Crippen molar-refractivity contribution in [2.75, 3.05) is 44.4 Å². The van der Waals surface area contributed by atoms with Crippen LogP contribution in [0.2, 0.25) is 0 Å². The van der Waals surface area contributed by atoms with Gasteiger partial charge in [-0.05, 0) is 57.1 Å². The number of benzene rings is 1. The number of hydrogen-bond acceptors (Lipinski definition) is 21. The van der Waals surface area contributed by atoms with Crippen molar-refractivity contribution in [3.63, 3.8) is 0 Å². The Morgan fingerprint density at radius 1 is 0.506 bits per heavy atom. The number of primary amides is 3. The molecule has 1 aromatic rings. The number of thiol groups is 2. The zero-order valence-corrected chi connectivity index (χ0v) is 49.0. The Morgan fingerprint density at radius 3 is 1.48 bits per heavy atom. The molecule has 0 bridgehead atoms. The van der Waals surface area contributed by atoms with Gasteiger partial charge in [-0.2, -0.15) is 25.3 Å². The fourth-order valence-corrected chi connectivity index (χ4v) is 8.05. The number of amides is 14. The molecule has 0 fully saturated rings. The zero-order chi connectivity index (χ0) is 64.5. The van der Waals surface area contributed by atoms with Crippen LogP contribution in [0.5, 0.6) is 0 Å². The van der Waals surface area contributed by atoms with E-state index in [4.69, 9.17) is 33.8 Å². The molecule has 11 atom stereocenters. The Balaban J connectivity index is 3.27. The highest BCUT2D eigenvalue weighted by Crippen LogP contribution is 2.11. The minimum Gasteiger partial charge on any atom is -0.394 e. The standard InChI is InChI=1S/C50H82N16O17S2/c1-24(2)15-30(47(80)66-40(25(3)69)50(83)65-35(23-85)49(82)60-28(41(55)74)11-7-8-14-51)62-45(78)31(16-26-9-5-4-6-10-26)63-48(81)33(21-68)59-39(73)19-56-43(76)29(12-13-36(53)70)61-46(79)32(17-37(54)71)58-38(72)18-57-44(77)34(22-84)64-42(75)27(52)20-67/h4-6,9-10,24-25,27-35,40,67-69,84-85H,7-8,11-23,51-52H2,1-3H3,(H2,53,70)(H2,54,71)(H2,55,74)(H,56,76)(H,57,77)(H,58,72)(H,59,73)(H,60,82)(H,61,79)(H,62,78)(H,63,81)(H,64,75)(H,65,83)(H,66,80)/t25-,27+,28+,29+,30+,31+,32+,33+,34+,35+,40+/m1/s1. The molecule has 1 aromatic carbocycles. The van der Waals surface area contributed by atoms with Crippen LogP contribution >= 0.6 is 25.3 Å². The smallest absolute Gasteiger partial charge is 0.245 e. The van der Waals surface area contributed by atoms with Gasteiger partial charge in [0.2, 0.25) is 82.7 Å². The van der Waals surface area contributed by atoms with E-state index >= 15 is 0 Å². The highest BCUT2D eigenvalue weighted by Gasteiger charge is 2.36. The monoisotopic (exact) mass is 1240 g/mol. The quantitative estimate of drug-likeness (QED) is 0.0214. The first kappa shape index (κ1) is 75.3. The molecular formula is C50H82N16O17S2. The van der Waals surface area contributed by atoms with Gasteiger partial charge in [0.1, 0.15) is 60.4 Å². The van der Waals surface area contributed by atoms with Crippen LogP contribution in [0.4, 0.5) is 0 Å². The lowest BCUT2D eigenvalue weighted by molar-refractivity contribution is -0.137. The summed E-state index contributed by atoms with van der Waals surface area (Å²) in [5.41, 5.74) is 27.5. The summed E-state index contributed by atoms with van der Waals surface area (Å²) in [6, 6.07) is -7.01. The molecule has 0 saturated carbocycles. The maximum absolute atomic E-state index is 14.2. The van der Waals surface area contributed by atoms with E-state index in [-0.39, 0.29) is 36.7 Å². The number of hydrogen-bond donors (Lipinski definition) is 21. The van der Waals surface area contributed by atoms with Crippen LogP contribution in [0, 0.1) is 5.92 Å². The summed E-state index contributed by atoms with van der Waals surface area (Å²) in [4.78, 5) is 182. The maximum Gasteiger partial charge on any atom is 0.245 e. The minimum absolute atomic E-state index is 0.0656. The molecule has 0 unspecified atom stereocenters. The average Bonchev–Trinajstić information content (AvgIpc) is 3.55. The number of carbonyl (C=O) groups is 14. The van der Waals surface area contributed by atoms with E-state index < -0.39 is 195 Å². The SMILES string of the molecule is CC(C)C[C@H](NC(=O)[C@H](Cc1ccccc1)NC(=O)[C@H](CO)NC(=O)CNC(=O)[C@H](CCC(N)=O)NC(=O)[C@H](CC(N)=O)NC(=O)CNC(=O)[C@H](CS)NC(=O)[C@@H](N)CO)C(=O)N[C@H](C(=O)N[C@@H](CS)C(=O)N[C@@H](CCCCN)C(N)=O)[C@@H](C)O.